The molecule has 0 atom stereocenters. The van der Waals surface area contributed by atoms with Crippen molar-refractivity contribution in [2.24, 2.45) is 0 Å². The van der Waals surface area contributed by atoms with Crippen LogP contribution in [0.2, 0.25) is 0 Å². The molecule has 1 heterocycles. The lowest BCUT2D eigenvalue weighted by atomic mass is 10.1. The topological polar surface area (TPSA) is 12.5 Å². The van der Waals surface area contributed by atoms with Crippen LogP contribution in [-0.2, 0) is 19.6 Å². The molecule has 0 fully saturated rings. The fourth-order valence-electron chi connectivity index (χ4n) is 2.64. The molecule has 0 bridgehead atoms. The molecule has 1 aliphatic heterocycles. The van der Waals surface area contributed by atoms with Crippen molar-refractivity contribution in [3.8, 4) is 5.75 Å². The van der Waals surface area contributed by atoms with Crippen molar-refractivity contribution >= 4 is 22.6 Å². The number of ether oxygens (including phenoxy) is 1. The van der Waals surface area contributed by atoms with Gasteiger partial charge in [-0.3, -0.25) is 4.90 Å². The summed E-state index contributed by atoms with van der Waals surface area (Å²) in [6, 6.07) is 9.73. The van der Waals surface area contributed by atoms with E-state index >= 15 is 0 Å². The van der Waals surface area contributed by atoms with Gasteiger partial charge >= 0.3 is 6.61 Å². The highest BCUT2D eigenvalue weighted by Crippen LogP contribution is 2.29. The van der Waals surface area contributed by atoms with E-state index in [0.717, 1.165) is 21.2 Å². The summed E-state index contributed by atoms with van der Waals surface area (Å²) >= 11 is 2.15. The summed E-state index contributed by atoms with van der Waals surface area (Å²) in [6.45, 7) is -0.668. The van der Waals surface area contributed by atoms with Gasteiger partial charge in [0.15, 0.2) is 0 Å². The Labute approximate surface area is 140 Å². The SMILES string of the molecule is Fc1cc(I)c2c(c1)CN(Cc1ccc(OC(F)F)cc1)C2. The summed E-state index contributed by atoms with van der Waals surface area (Å²) in [5, 5.41) is 0. The summed E-state index contributed by atoms with van der Waals surface area (Å²) in [5.41, 5.74) is 3.19. The predicted octanol–water partition coefficient (Wildman–Crippen LogP) is 4.55. The highest BCUT2D eigenvalue weighted by molar-refractivity contribution is 14.1. The first-order valence-electron chi connectivity index (χ1n) is 6.74. The normalized spacial score (nSPS) is 14.4. The first-order chi connectivity index (χ1) is 10.5. The van der Waals surface area contributed by atoms with Crippen LogP contribution in [0.3, 0.4) is 0 Å². The number of benzene rings is 2. The monoisotopic (exact) mass is 419 g/mol. The van der Waals surface area contributed by atoms with E-state index in [0.29, 0.717) is 13.1 Å². The second kappa shape index (κ2) is 6.45. The number of hydrogen-bond acceptors (Lipinski definition) is 2. The zero-order chi connectivity index (χ0) is 15.7. The van der Waals surface area contributed by atoms with E-state index in [1.807, 2.05) is 0 Å². The Balaban J connectivity index is 1.67. The van der Waals surface area contributed by atoms with Crippen LogP contribution in [0, 0.1) is 9.39 Å². The fourth-order valence-corrected chi connectivity index (χ4v) is 3.46. The average molecular weight is 419 g/mol. The van der Waals surface area contributed by atoms with Gasteiger partial charge in [-0.2, -0.15) is 8.78 Å². The molecule has 0 spiro atoms. The Morgan fingerprint density at radius 1 is 1.14 bits per heavy atom. The van der Waals surface area contributed by atoms with Crippen LogP contribution < -0.4 is 4.74 Å². The standard InChI is InChI=1S/C16H13F3INO/c17-12-5-11-8-21(9-14(11)15(20)6-12)7-10-1-3-13(4-2-10)22-16(18)19/h1-6,16H,7-9H2. The van der Waals surface area contributed by atoms with Crippen molar-refractivity contribution in [2.45, 2.75) is 26.2 Å². The van der Waals surface area contributed by atoms with E-state index < -0.39 is 6.61 Å². The Bertz CT molecular complexity index is 676. The third-order valence-electron chi connectivity index (χ3n) is 3.58. The van der Waals surface area contributed by atoms with Crippen LogP contribution in [0.4, 0.5) is 13.2 Å². The van der Waals surface area contributed by atoms with Crippen molar-refractivity contribution < 1.29 is 17.9 Å². The molecule has 2 nitrogen and oxygen atoms in total. The van der Waals surface area contributed by atoms with Crippen LogP contribution in [0.15, 0.2) is 36.4 Å². The molecule has 0 aromatic heterocycles. The average Bonchev–Trinajstić information content (AvgIpc) is 2.83. The number of alkyl halides is 2. The number of halogens is 4. The van der Waals surface area contributed by atoms with Gasteiger partial charge < -0.3 is 4.74 Å². The molecule has 2 aromatic carbocycles. The number of fused-ring (bicyclic) bond motifs is 1. The lowest BCUT2D eigenvalue weighted by molar-refractivity contribution is -0.0498. The van der Waals surface area contributed by atoms with Crippen molar-refractivity contribution in [3.05, 3.63) is 62.5 Å². The van der Waals surface area contributed by atoms with Gasteiger partial charge in [0.25, 0.3) is 0 Å². The fraction of sp³-hybridized carbons (Fsp3) is 0.250. The minimum atomic E-state index is -2.81. The summed E-state index contributed by atoms with van der Waals surface area (Å²) in [7, 11) is 0. The Kier molecular flexibility index (Phi) is 4.58. The molecule has 3 rings (SSSR count). The molecule has 6 heteroatoms. The molecule has 0 unspecified atom stereocenters. The van der Waals surface area contributed by atoms with E-state index in [1.54, 1.807) is 24.3 Å². The molecule has 0 aliphatic carbocycles. The quantitative estimate of drug-likeness (QED) is 0.675. The van der Waals surface area contributed by atoms with Gasteiger partial charge in [0.2, 0.25) is 0 Å². The van der Waals surface area contributed by atoms with E-state index in [9.17, 15) is 13.2 Å². The first-order valence-corrected chi connectivity index (χ1v) is 7.82. The minimum Gasteiger partial charge on any atom is -0.435 e. The maximum absolute atomic E-state index is 13.4. The molecule has 1 aliphatic rings. The smallest absolute Gasteiger partial charge is 0.387 e. The molecule has 2 aromatic rings. The van der Waals surface area contributed by atoms with E-state index in [1.165, 1.54) is 17.7 Å². The molecule has 0 saturated carbocycles. The predicted molar refractivity (Wildman–Crippen MR) is 85.1 cm³/mol. The third-order valence-corrected chi connectivity index (χ3v) is 4.55. The van der Waals surface area contributed by atoms with Crippen LogP contribution in [0.25, 0.3) is 0 Å². The highest BCUT2D eigenvalue weighted by Gasteiger charge is 2.22. The van der Waals surface area contributed by atoms with E-state index in [2.05, 4.69) is 32.2 Å². The van der Waals surface area contributed by atoms with Crippen molar-refractivity contribution in [2.75, 3.05) is 0 Å². The summed E-state index contributed by atoms with van der Waals surface area (Å²) in [6.07, 6.45) is 0. The summed E-state index contributed by atoms with van der Waals surface area (Å²) in [5.74, 6) is -0.0569. The van der Waals surface area contributed by atoms with Crippen molar-refractivity contribution in [1.82, 2.24) is 4.90 Å². The van der Waals surface area contributed by atoms with Crippen LogP contribution in [0.1, 0.15) is 16.7 Å². The maximum atomic E-state index is 13.4. The Morgan fingerprint density at radius 3 is 2.55 bits per heavy atom. The zero-order valence-electron chi connectivity index (χ0n) is 11.5. The van der Waals surface area contributed by atoms with Gasteiger partial charge in [-0.15, -0.1) is 0 Å². The lowest BCUT2D eigenvalue weighted by Gasteiger charge is -2.15. The molecule has 116 valence electrons. The molecule has 22 heavy (non-hydrogen) atoms. The van der Waals surface area contributed by atoms with Gasteiger partial charge in [-0.25, -0.2) is 4.39 Å². The van der Waals surface area contributed by atoms with Gasteiger partial charge in [-0.1, -0.05) is 12.1 Å². The minimum absolute atomic E-state index is 0.153. The van der Waals surface area contributed by atoms with Crippen molar-refractivity contribution in [3.63, 3.8) is 0 Å². The molecule has 0 N–H and O–H groups in total. The molecular weight excluding hydrogens is 406 g/mol. The third kappa shape index (κ3) is 3.55. The first kappa shape index (κ1) is 15.6. The highest BCUT2D eigenvalue weighted by atomic mass is 127. The second-order valence-corrected chi connectivity index (χ2v) is 6.36. The van der Waals surface area contributed by atoms with Gasteiger partial charge in [0.05, 0.1) is 0 Å². The summed E-state index contributed by atoms with van der Waals surface area (Å²) in [4.78, 5) is 2.19. The van der Waals surface area contributed by atoms with Gasteiger partial charge in [0.1, 0.15) is 11.6 Å². The molecule has 0 amide bonds. The maximum Gasteiger partial charge on any atom is 0.387 e. The van der Waals surface area contributed by atoms with E-state index in [-0.39, 0.29) is 11.6 Å². The number of rotatable bonds is 4. The largest absolute Gasteiger partial charge is 0.435 e. The molecule has 0 saturated heterocycles. The summed E-state index contributed by atoms with van der Waals surface area (Å²) < 4.78 is 42.9. The second-order valence-electron chi connectivity index (χ2n) is 5.19. The number of nitrogens with zero attached hydrogens (tertiary/aromatic N) is 1. The van der Waals surface area contributed by atoms with E-state index in [4.69, 9.17) is 0 Å². The zero-order valence-corrected chi connectivity index (χ0v) is 13.7. The lowest BCUT2D eigenvalue weighted by Crippen LogP contribution is -2.15. The Hall–Kier alpha value is -1.28. The van der Waals surface area contributed by atoms with Crippen molar-refractivity contribution in [1.29, 1.82) is 0 Å². The van der Waals surface area contributed by atoms with Crippen LogP contribution in [-0.4, -0.2) is 11.5 Å². The van der Waals surface area contributed by atoms with Gasteiger partial charge in [0, 0.05) is 23.2 Å². The van der Waals surface area contributed by atoms with Crippen LogP contribution >= 0.6 is 22.6 Å². The Morgan fingerprint density at radius 2 is 1.86 bits per heavy atom. The molecule has 0 radical (unpaired) electrons. The number of hydrogen-bond donors (Lipinski definition) is 0. The van der Waals surface area contributed by atoms with Crippen LogP contribution in [0.5, 0.6) is 5.75 Å². The van der Waals surface area contributed by atoms with Gasteiger partial charge in [-0.05, 0) is 63.5 Å². The molecular formula is C16H13F3INO.